The highest BCUT2D eigenvalue weighted by Crippen LogP contribution is 2.16. The number of carboxylic acids is 1. The molecule has 0 saturated heterocycles. The third kappa shape index (κ3) is 2.81. The van der Waals surface area contributed by atoms with Gasteiger partial charge in [0.15, 0.2) is 0 Å². The van der Waals surface area contributed by atoms with E-state index >= 15 is 0 Å². The Balaban J connectivity index is 3.20. The van der Waals surface area contributed by atoms with Gasteiger partial charge in [0, 0.05) is 11.7 Å². The van der Waals surface area contributed by atoms with E-state index < -0.39 is 39.2 Å². The number of sulfonamides is 1. The summed E-state index contributed by atoms with van der Waals surface area (Å²) in [6.45, 7) is 2.45. The standard InChI is InChI=1S/C8H13N3O5S/c1-4(3-12)11-17(15,16)7-6(8(13)14)5(2)9-10-7/h4,11-12H,3H2,1-2H3,(H,9,10)(H,13,14)/t4-/m0/s1. The fourth-order valence-corrected chi connectivity index (χ4v) is 2.60. The van der Waals surface area contributed by atoms with Gasteiger partial charge in [-0.2, -0.15) is 5.10 Å². The molecule has 0 unspecified atom stereocenters. The highest BCUT2D eigenvalue weighted by Gasteiger charge is 2.28. The van der Waals surface area contributed by atoms with Crippen LogP contribution in [-0.4, -0.2) is 47.4 Å². The zero-order valence-electron chi connectivity index (χ0n) is 9.26. The third-order valence-electron chi connectivity index (χ3n) is 2.01. The molecule has 0 radical (unpaired) electrons. The van der Waals surface area contributed by atoms with Crippen LogP contribution in [0.15, 0.2) is 5.03 Å². The van der Waals surface area contributed by atoms with Gasteiger partial charge in [0.25, 0.3) is 10.0 Å². The molecule has 0 fully saturated rings. The Morgan fingerprint density at radius 2 is 2.18 bits per heavy atom. The van der Waals surface area contributed by atoms with Crippen molar-refractivity contribution >= 4 is 16.0 Å². The summed E-state index contributed by atoms with van der Waals surface area (Å²) in [5.41, 5.74) is -0.253. The zero-order chi connectivity index (χ0) is 13.2. The molecule has 0 aromatic carbocycles. The van der Waals surface area contributed by atoms with Crippen LogP contribution in [0.2, 0.25) is 0 Å². The fraction of sp³-hybridized carbons (Fsp3) is 0.500. The average molecular weight is 263 g/mol. The lowest BCUT2D eigenvalue weighted by Gasteiger charge is -2.10. The van der Waals surface area contributed by atoms with E-state index in [1.165, 1.54) is 13.8 Å². The number of nitrogens with one attached hydrogen (secondary N) is 2. The highest BCUT2D eigenvalue weighted by molar-refractivity contribution is 7.89. The van der Waals surface area contributed by atoms with Crippen LogP contribution in [-0.2, 0) is 10.0 Å². The Morgan fingerprint density at radius 3 is 2.65 bits per heavy atom. The number of H-pyrrole nitrogens is 1. The molecule has 8 nitrogen and oxygen atoms in total. The van der Waals surface area contributed by atoms with Crippen molar-refractivity contribution < 1.29 is 23.4 Å². The van der Waals surface area contributed by atoms with Crippen molar-refractivity contribution in [1.29, 1.82) is 0 Å². The zero-order valence-corrected chi connectivity index (χ0v) is 10.1. The predicted octanol–water partition coefficient (Wildman–Crippen LogP) is -0.925. The second kappa shape index (κ2) is 4.82. The topological polar surface area (TPSA) is 132 Å². The van der Waals surface area contributed by atoms with Crippen LogP contribution in [0.25, 0.3) is 0 Å². The number of aryl methyl sites for hydroxylation is 1. The normalized spacial score (nSPS) is 13.6. The molecule has 1 heterocycles. The smallest absolute Gasteiger partial charge is 0.340 e. The molecule has 9 heteroatoms. The predicted molar refractivity (Wildman–Crippen MR) is 57.2 cm³/mol. The van der Waals surface area contributed by atoms with E-state index in [0.717, 1.165) is 0 Å². The quantitative estimate of drug-likeness (QED) is 0.543. The average Bonchev–Trinajstić information content (AvgIpc) is 2.60. The number of carbonyl (C=O) groups is 1. The van der Waals surface area contributed by atoms with Gasteiger partial charge in [-0.05, 0) is 13.8 Å². The molecular weight excluding hydrogens is 250 g/mol. The number of rotatable bonds is 5. The number of aromatic carboxylic acids is 1. The molecule has 4 N–H and O–H groups in total. The van der Waals surface area contributed by atoms with Gasteiger partial charge in [-0.1, -0.05) is 0 Å². The SMILES string of the molecule is Cc1[nH]nc(S(=O)(=O)N[C@@H](C)CO)c1C(=O)O. The summed E-state index contributed by atoms with van der Waals surface area (Å²) in [6, 6.07) is -0.723. The molecule has 17 heavy (non-hydrogen) atoms. The van der Waals surface area contributed by atoms with Crippen LogP contribution >= 0.6 is 0 Å². The summed E-state index contributed by atoms with van der Waals surface area (Å²) in [6.07, 6.45) is 0. The number of hydrogen-bond donors (Lipinski definition) is 4. The molecule has 0 amide bonds. The van der Waals surface area contributed by atoms with Crippen LogP contribution in [0.1, 0.15) is 23.0 Å². The molecule has 1 atom stereocenters. The van der Waals surface area contributed by atoms with Gasteiger partial charge in [0.2, 0.25) is 5.03 Å². The van der Waals surface area contributed by atoms with Crippen LogP contribution in [0.4, 0.5) is 0 Å². The first kappa shape index (κ1) is 13.6. The van der Waals surface area contributed by atoms with E-state index in [1.54, 1.807) is 0 Å². The van der Waals surface area contributed by atoms with Gasteiger partial charge in [0.1, 0.15) is 5.56 Å². The summed E-state index contributed by atoms with van der Waals surface area (Å²) in [5, 5.41) is 22.8. The summed E-state index contributed by atoms with van der Waals surface area (Å²) in [5.74, 6) is -1.38. The maximum Gasteiger partial charge on any atom is 0.340 e. The second-order valence-electron chi connectivity index (χ2n) is 3.54. The Hall–Kier alpha value is -1.45. The van der Waals surface area contributed by atoms with Gasteiger partial charge in [-0.25, -0.2) is 17.9 Å². The van der Waals surface area contributed by atoms with E-state index in [2.05, 4.69) is 14.9 Å². The maximum absolute atomic E-state index is 11.8. The fourth-order valence-electron chi connectivity index (χ4n) is 1.21. The number of aromatic nitrogens is 2. The molecule has 0 spiro atoms. The summed E-state index contributed by atoms with van der Waals surface area (Å²) in [4.78, 5) is 10.9. The number of nitrogens with zero attached hydrogens (tertiary/aromatic N) is 1. The van der Waals surface area contributed by atoms with Crippen LogP contribution in [0.5, 0.6) is 0 Å². The first-order chi connectivity index (χ1) is 7.79. The number of aliphatic hydroxyl groups is 1. The molecule has 1 rings (SSSR count). The number of aliphatic hydroxyl groups excluding tert-OH is 1. The maximum atomic E-state index is 11.8. The third-order valence-corrected chi connectivity index (χ3v) is 3.53. The highest BCUT2D eigenvalue weighted by atomic mass is 32.2. The van der Waals surface area contributed by atoms with Gasteiger partial charge in [0.05, 0.1) is 6.61 Å². The lowest BCUT2D eigenvalue weighted by atomic mass is 10.3. The van der Waals surface area contributed by atoms with Crippen molar-refractivity contribution in [3.63, 3.8) is 0 Å². The van der Waals surface area contributed by atoms with Crippen LogP contribution < -0.4 is 4.72 Å². The van der Waals surface area contributed by atoms with E-state index in [4.69, 9.17) is 10.2 Å². The molecule has 1 aromatic rings. The minimum absolute atomic E-state index is 0.148. The second-order valence-corrected chi connectivity index (χ2v) is 5.17. The summed E-state index contributed by atoms with van der Waals surface area (Å²) < 4.78 is 25.7. The van der Waals surface area contributed by atoms with Gasteiger partial charge in [-0.3, -0.25) is 5.10 Å². The first-order valence-electron chi connectivity index (χ1n) is 4.71. The van der Waals surface area contributed by atoms with E-state index in [0.29, 0.717) is 0 Å². The van der Waals surface area contributed by atoms with Gasteiger partial charge < -0.3 is 10.2 Å². The number of aromatic amines is 1. The summed E-state index contributed by atoms with van der Waals surface area (Å²) >= 11 is 0. The lowest BCUT2D eigenvalue weighted by molar-refractivity contribution is 0.0692. The lowest BCUT2D eigenvalue weighted by Crippen LogP contribution is -2.35. The molecular formula is C8H13N3O5S. The molecule has 0 bridgehead atoms. The molecule has 1 aromatic heterocycles. The van der Waals surface area contributed by atoms with Crippen LogP contribution in [0.3, 0.4) is 0 Å². The molecule has 0 aliphatic carbocycles. The van der Waals surface area contributed by atoms with Crippen molar-refractivity contribution in [2.45, 2.75) is 24.9 Å². The van der Waals surface area contributed by atoms with Gasteiger partial charge >= 0.3 is 5.97 Å². The Labute approximate surface area is 97.7 Å². The number of hydrogen-bond acceptors (Lipinski definition) is 5. The van der Waals surface area contributed by atoms with E-state index in [1.807, 2.05) is 0 Å². The van der Waals surface area contributed by atoms with Crippen molar-refractivity contribution in [3.05, 3.63) is 11.3 Å². The molecule has 96 valence electrons. The Morgan fingerprint density at radius 1 is 1.59 bits per heavy atom. The summed E-state index contributed by atoms with van der Waals surface area (Å²) in [7, 11) is -4.06. The molecule has 0 saturated carbocycles. The minimum atomic E-state index is -4.06. The van der Waals surface area contributed by atoms with Crippen LogP contribution in [0, 0.1) is 6.92 Å². The van der Waals surface area contributed by atoms with Gasteiger partial charge in [-0.15, -0.1) is 0 Å². The van der Waals surface area contributed by atoms with Crippen molar-refractivity contribution in [2.75, 3.05) is 6.61 Å². The Bertz CT molecular complexity index is 521. The van der Waals surface area contributed by atoms with E-state index in [9.17, 15) is 13.2 Å². The molecule has 0 aliphatic heterocycles. The van der Waals surface area contributed by atoms with Crippen molar-refractivity contribution in [3.8, 4) is 0 Å². The monoisotopic (exact) mass is 263 g/mol. The molecule has 0 aliphatic rings. The minimum Gasteiger partial charge on any atom is -0.478 e. The first-order valence-corrected chi connectivity index (χ1v) is 6.19. The van der Waals surface area contributed by atoms with E-state index in [-0.39, 0.29) is 5.69 Å². The van der Waals surface area contributed by atoms with Crippen molar-refractivity contribution in [1.82, 2.24) is 14.9 Å². The van der Waals surface area contributed by atoms with Crippen molar-refractivity contribution in [2.24, 2.45) is 0 Å². The number of carboxylic acid groups (broad SMARTS) is 1. The largest absolute Gasteiger partial charge is 0.478 e. The Kier molecular flexibility index (Phi) is 3.86.